The molecule has 14 heavy (non-hydrogen) atoms. The van der Waals surface area contributed by atoms with Crippen molar-refractivity contribution < 1.29 is 5.11 Å². The number of benzene rings is 1. The van der Waals surface area contributed by atoms with E-state index in [4.69, 9.17) is 11.6 Å². The van der Waals surface area contributed by atoms with Crippen LogP contribution in [0.3, 0.4) is 0 Å². The lowest BCUT2D eigenvalue weighted by Gasteiger charge is -1.95. The number of phenols is 1. The molecule has 0 fully saturated rings. The van der Waals surface area contributed by atoms with Gasteiger partial charge in [-0.15, -0.1) is 0 Å². The van der Waals surface area contributed by atoms with Crippen molar-refractivity contribution in [2.75, 3.05) is 0 Å². The van der Waals surface area contributed by atoms with Gasteiger partial charge in [-0.3, -0.25) is 0 Å². The van der Waals surface area contributed by atoms with E-state index < -0.39 is 0 Å². The molecule has 0 aromatic heterocycles. The third-order valence-corrected chi connectivity index (χ3v) is 2.26. The second-order valence-electron chi connectivity index (χ2n) is 1.97. The van der Waals surface area contributed by atoms with Gasteiger partial charge in [0.15, 0.2) is 0 Å². The minimum Gasteiger partial charge on any atom is -0.507 e. The molecule has 1 N–H and O–H groups in total. The number of hydrogen-bond donors (Lipinski definition) is 1. The Hall–Kier alpha value is -0.0500. The summed E-state index contributed by atoms with van der Waals surface area (Å²) in [5.74, 6) is 2.94. The van der Waals surface area contributed by atoms with E-state index in [1.165, 1.54) is 15.0 Å². The lowest BCUT2D eigenvalue weighted by Crippen LogP contribution is -1.75. The Kier molecular flexibility index (Phi) is 8.24. The van der Waals surface area contributed by atoms with Gasteiger partial charge in [-0.05, 0) is 32.4 Å². The van der Waals surface area contributed by atoms with Gasteiger partial charge in [-0.2, -0.15) is 0 Å². The molecule has 76 valence electrons. The Morgan fingerprint density at radius 1 is 1.43 bits per heavy atom. The molecule has 0 amide bonds. The highest BCUT2D eigenvalue weighted by molar-refractivity contribution is 14.2. The van der Waals surface area contributed by atoms with E-state index in [1.54, 1.807) is 12.1 Å². The smallest absolute Gasteiger partial charge is 0.131 e. The summed E-state index contributed by atoms with van der Waals surface area (Å²) < 4.78 is 0. The summed E-state index contributed by atoms with van der Waals surface area (Å²) in [6.07, 6.45) is 0. The average Bonchev–Trinajstić information content (AvgIpc) is 2.22. The van der Waals surface area contributed by atoms with Crippen molar-refractivity contribution in [3.8, 4) is 16.9 Å². The van der Waals surface area contributed by atoms with Crippen LogP contribution in [-0.4, -0.2) is 5.11 Å². The fourth-order valence-electron chi connectivity index (χ4n) is 0.683. The van der Waals surface area contributed by atoms with Crippen molar-refractivity contribution in [1.82, 2.24) is 0 Å². The lowest BCUT2D eigenvalue weighted by atomic mass is 10.2. The highest BCUT2D eigenvalue weighted by Gasteiger charge is 1.97. The zero-order valence-corrected chi connectivity index (χ0v) is 11.6. The SMILES string of the molecule is CC.Oc1ccc(Cl)cc1C#CSI. The Morgan fingerprint density at radius 3 is 2.64 bits per heavy atom. The third-order valence-electron chi connectivity index (χ3n) is 1.18. The topological polar surface area (TPSA) is 20.2 Å². The molecule has 0 bridgehead atoms. The summed E-state index contributed by atoms with van der Waals surface area (Å²) >= 11 is 7.77. The number of aromatic hydroxyl groups is 1. The van der Waals surface area contributed by atoms with Crippen LogP contribution in [0.15, 0.2) is 18.2 Å². The highest BCUT2D eigenvalue weighted by Crippen LogP contribution is 2.20. The first-order chi connectivity index (χ1) is 6.74. The zero-order chi connectivity index (χ0) is 11.0. The summed E-state index contributed by atoms with van der Waals surface area (Å²) in [5.41, 5.74) is 0.562. The molecular weight excluding hydrogens is 331 g/mol. The van der Waals surface area contributed by atoms with E-state index in [0.29, 0.717) is 10.6 Å². The fourth-order valence-corrected chi connectivity index (χ4v) is 1.33. The second-order valence-corrected chi connectivity index (χ2v) is 4.08. The molecule has 1 aromatic rings. The monoisotopic (exact) mass is 340 g/mol. The molecule has 0 heterocycles. The Balaban J connectivity index is 0.000000791. The first-order valence-corrected chi connectivity index (χ1v) is 7.75. The van der Waals surface area contributed by atoms with Gasteiger partial charge in [0.05, 0.1) is 5.56 Å². The highest BCUT2D eigenvalue weighted by atomic mass is 127. The molecule has 0 atom stereocenters. The molecule has 1 aromatic carbocycles. The van der Waals surface area contributed by atoms with Gasteiger partial charge in [0.2, 0.25) is 0 Å². The first-order valence-electron chi connectivity index (χ1n) is 4.01. The van der Waals surface area contributed by atoms with Crippen molar-refractivity contribution in [3.05, 3.63) is 28.8 Å². The van der Waals surface area contributed by atoms with E-state index in [9.17, 15) is 5.11 Å². The minimum atomic E-state index is 0.164. The molecular formula is C10H10ClIOS. The van der Waals surface area contributed by atoms with Gasteiger partial charge in [-0.25, -0.2) is 0 Å². The molecule has 0 aliphatic rings. The van der Waals surface area contributed by atoms with E-state index in [-0.39, 0.29) is 5.75 Å². The maximum absolute atomic E-state index is 9.29. The molecule has 1 rings (SSSR count). The molecule has 0 aliphatic carbocycles. The van der Waals surface area contributed by atoms with Gasteiger partial charge < -0.3 is 5.11 Å². The zero-order valence-electron chi connectivity index (χ0n) is 7.84. The van der Waals surface area contributed by atoms with Crippen LogP contribution in [0, 0.1) is 11.2 Å². The average molecular weight is 341 g/mol. The summed E-state index contributed by atoms with van der Waals surface area (Å²) in [6, 6.07) is 4.79. The standard InChI is InChI=1S/C8H4ClIOS.C2H6/c9-7-1-2-8(11)6(5-7)3-4-12-10;1-2/h1-2,5,11H;1-2H3. The van der Waals surface area contributed by atoms with E-state index in [1.807, 2.05) is 13.8 Å². The summed E-state index contributed by atoms with van der Waals surface area (Å²) in [7, 11) is 1.37. The minimum absolute atomic E-state index is 0.164. The Labute approximate surface area is 106 Å². The predicted molar refractivity (Wildman–Crippen MR) is 73.0 cm³/mol. The molecule has 0 aliphatic heterocycles. The molecule has 0 spiro atoms. The van der Waals surface area contributed by atoms with E-state index in [0.717, 1.165) is 0 Å². The second kappa shape index (κ2) is 8.27. The van der Waals surface area contributed by atoms with Crippen LogP contribution in [-0.2, 0) is 0 Å². The largest absolute Gasteiger partial charge is 0.507 e. The predicted octanol–water partition coefficient (Wildman–Crippen LogP) is 4.46. The molecule has 0 radical (unpaired) electrons. The normalized spacial score (nSPS) is 8.00. The first kappa shape index (κ1) is 13.9. The van der Waals surface area contributed by atoms with Gasteiger partial charge in [0, 0.05) is 26.2 Å². The summed E-state index contributed by atoms with van der Waals surface area (Å²) in [4.78, 5) is 0. The molecule has 4 heteroatoms. The Morgan fingerprint density at radius 2 is 2.07 bits per heavy atom. The van der Waals surface area contributed by atoms with Crippen molar-refractivity contribution >= 4 is 41.7 Å². The molecule has 0 saturated carbocycles. The summed E-state index contributed by atoms with van der Waals surface area (Å²) in [6.45, 7) is 4.00. The van der Waals surface area contributed by atoms with Crippen LogP contribution in [0.1, 0.15) is 19.4 Å². The van der Waals surface area contributed by atoms with Crippen LogP contribution < -0.4 is 0 Å². The number of hydrogen-bond acceptors (Lipinski definition) is 2. The lowest BCUT2D eigenvalue weighted by molar-refractivity contribution is 0.474. The van der Waals surface area contributed by atoms with Crippen LogP contribution >= 0.6 is 41.7 Å². The van der Waals surface area contributed by atoms with Crippen LogP contribution in [0.4, 0.5) is 0 Å². The maximum atomic E-state index is 9.29. The van der Waals surface area contributed by atoms with Crippen LogP contribution in [0.2, 0.25) is 5.02 Å². The quantitative estimate of drug-likeness (QED) is 0.556. The van der Waals surface area contributed by atoms with Crippen molar-refractivity contribution in [2.24, 2.45) is 0 Å². The number of rotatable bonds is 0. The van der Waals surface area contributed by atoms with E-state index >= 15 is 0 Å². The molecule has 1 nitrogen and oxygen atoms in total. The van der Waals surface area contributed by atoms with Crippen molar-refractivity contribution in [2.45, 2.75) is 13.8 Å². The summed E-state index contributed by atoms with van der Waals surface area (Å²) in [5, 5.41) is 12.6. The molecule has 0 saturated heterocycles. The van der Waals surface area contributed by atoms with Crippen molar-refractivity contribution in [3.63, 3.8) is 0 Å². The van der Waals surface area contributed by atoms with Crippen molar-refractivity contribution in [1.29, 1.82) is 0 Å². The van der Waals surface area contributed by atoms with Gasteiger partial charge in [0.1, 0.15) is 5.75 Å². The number of phenolic OH excluding ortho intramolecular Hbond substituents is 1. The van der Waals surface area contributed by atoms with E-state index in [2.05, 4.69) is 32.4 Å². The van der Waals surface area contributed by atoms with Crippen LogP contribution in [0.25, 0.3) is 0 Å². The van der Waals surface area contributed by atoms with Crippen LogP contribution in [0.5, 0.6) is 5.75 Å². The van der Waals surface area contributed by atoms with Gasteiger partial charge in [0.25, 0.3) is 0 Å². The van der Waals surface area contributed by atoms with Gasteiger partial charge in [-0.1, -0.05) is 31.4 Å². The Bertz CT molecular complexity index is 344. The third kappa shape index (κ3) is 4.99. The number of halogens is 2. The molecule has 0 unspecified atom stereocenters. The fraction of sp³-hybridized carbons (Fsp3) is 0.200. The maximum Gasteiger partial charge on any atom is 0.131 e. The van der Waals surface area contributed by atoms with Gasteiger partial charge >= 0.3 is 0 Å².